The molecule has 5 nitrogen and oxygen atoms in total. The van der Waals surface area contributed by atoms with Crippen molar-refractivity contribution in [3.05, 3.63) is 77.1 Å². The van der Waals surface area contributed by atoms with Crippen molar-refractivity contribution in [1.29, 1.82) is 0 Å². The molecule has 0 unspecified atom stereocenters. The van der Waals surface area contributed by atoms with Gasteiger partial charge in [-0.1, -0.05) is 53.2 Å². The predicted molar refractivity (Wildman–Crippen MR) is 89.4 cm³/mol. The molecule has 1 heterocycles. The molecule has 0 bridgehead atoms. The quantitative estimate of drug-likeness (QED) is 0.805. The highest BCUT2D eigenvalue weighted by Crippen LogP contribution is 2.16. The molecule has 116 valence electrons. The van der Waals surface area contributed by atoms with Crippen molar-refractivity contribution in [1.82, 2.24) is 15.0 Å². The van der Waals surface area contributed by atoms with Crippen LogP contribution in [0.2, 0.25) is 0 Å². The molecule has 1 N–H and O–H groups in total. The largest absolute Gasteiger partial charge is 0.320 e. The zero-order chi connectivity index (χ0) is 16.2. The number of hydrogen-bond donors (Lipinski definition) is 1. The van der Waals surface area contributed by atoms with Gasteiger partial charge in [-0.05, 0) is 31.0 Å². The third-order valence-electron chi connectivity index (χ3n) is 3.59. The zero-order valence-corrected chi connectivity index (χ0v) is 13.2. The second kappa shape index (κ2) is 6.44. The maximum absolute atomic E-state index is 12.3. The van der Waals surface area contributed by atoms with Gasteiger partial charge in [0.05, 0.1) is 12.7 Å². The topological polar surface area (TPSA) is 59.8 Å². The highest BCUT2D eigenvalue weighted by atomic mass is 16.2. The lowest BCUT2D eigenvalue weighted by molar-refractivity contribution is 0.102. The number of amides is 1. The van der Waals surface area contributed by atoms with E-state index in [1.807, 2.05) is 62.4 Å². The summed E-state index contributed by atoms with van der Waals surface area (Å²) in [6.07, 6.45) is 1.66. The summed E-state index contributed by atoms with van der Waals surface area (Å²) >= 11 is 0. The zero-order valence-electron chi connectivity index (χ0n) is 13.2. The molecule has 2 aromatic carbocycles. The van der Waals surface area contributed by atoms with Crippen LogP contribution in [0.25, 0.3) is 0 Å². The molecule has 0 saturated heterocycles. The minimum absolute atomic E-state index is 0.253. The predicted octanol–water partition coefficient (Wildman–Crippen LogP) is 3.20. The van der Waals surface area contributed by atoms with Crippen LogP contribution in [0.5, 0.6) is 0 Å². The number of nitrogens with one attached hydrogen (secondary N) is 1. The Morgan fingerprint density at radius 2 is 1.91 bits per heavy atom. The van der Waals surface area contributed by atoms with Crippen LogP contribution in [0.3, 0.4) is 0 Å². The monoisotopic (exact) mass is 306 g/mol. The fraction of sp³-hybridized carbons (Fsp3) is 0.167. The van der Waals surface area contributed by atoms with E-state index in [1.165, 1.54) is 0 Å². The Balaban J connectivity index is 1.71. The summed E-state index contributed by atoms with van der Waals surface area (Å²) in [5.74, 6) is -0.253. The van der Waals surface area contributed by atoms with Crippen LogP contribution in [0.1, 0.15) is 27.2 Å². The van der Waals surface area contributed by atoms with E-state index in [0.29, 0.717) is 12.2 Å². The highest BCUT2D eigenvalue weighted by Gasteiger charge is 2.12. The van der Waals surface area contributed by atoms with Gasteiger partial charge in [0, 0.05) is 5.69 Å². The molecule has 0 fully saturated rings. The van der Waals surface area contributed by atoms with Gasteiger partial charge in [-0.3, -0.25) is 4.79 Å². The van der Waals surface area contributed by atoms with Crippen LogP contribution in [0, 0.1) is 13.8 Å². The molecule has 0 aliphatic heterocycles. The summed E-state index contributed by atoms with van der Waals surface area (Å²) in [6, 6.07) is 15.8. The minimum atomic E-state index is -0.253. The van der Waals surface area contributed by atoms with Crippen molar-refractivity contribution in [3.8, 4) is 0 Å². The molecular formula is C18H18N4O. The van der Waals surface area contributed by atoms with Crippen molar-refractivity contribution < 1.29 is 4.79 Å². The summed E-state index contributed by atoms with van der Waals surface area (Å²) in [5, 5.41) is 10.8. The van der Waals surface area contributed by atoms with Gasteiger partial charge in [-0.15, -0.1) is 5.10 Å². The Morgan fingerprint density at radius 1 is 1.13 bits per heavy atom. The summed E-state index contributed by atoms with van der Waals surface area (Å²) in [5.41, 5.74) is 4.39. The molecule has 0 radical (unpaired) electrons. The molecule has 1 aromatic heterocycles. The van der Waals surface area contributed by atoms with Crippen LogP contribution in [0.15, 0.2) is 54.7 Å². The fourth-order valence-electron chi connectivity index (χ4n) is 2.39. The Morgan fingerprint density at radius 3 is 2.65 bits per heavy atom. The van der Waals surface area contributed by atoms with Crippen molar-refractivity contribution >= 4 is 11.6 Å². The van der Waals surface area contributed by atoms with E-state index < -0.39 is 0 Å². The van der Waals surface area contributed by atoms with E-state index in [1.54, 1.807) is 10.9 Å². The van der Waals surface area contributed by atoms with Gasteiger partial charge in [0.2, 0.25) is 0 Å². The highest BCUT2D eigenvalue weighted by molar-refractivity contribution is 6.03. The van der Waals surface area contributed by atoms with Gasteiger partial charge < -0.3 is 5.32 Å². The van der Waals surface area contributed by atoms with E-state index >= 15 is 0 Å². The summed E-state index contributed by atoms with van der Waals surface area (Å²) in [4.78, 5) is 12.3. The molecule has 0 atom stereocenters. The third-order valence-corrected chi connectivity index (χ3v) is 3.59. The van der Waals surface area contributed by atoms with Gasteiger partial charge in [-0.2, -0.15) is 0 Å². The van der Waals surface area contributed by atoms with Gasteiger partial charge >= 0.3 is 0 Å². The molecular weight excluding hydrogens is 288 g/mol. The van der Waals surface area contributed by atoms with Crippen molar-refractivity contribution in [2.24, 2.45) is 0 Å². The van der Waals surface area contributed by atoms with E-state index in [9.17, 15) is 4.79 Å². The average Bonchev–Trinajstić information content (AvgIpc) is 3.00. The first kappa shape index (κ1) is 15.0. The first-order valence-electron chi connectivity index (χ1n) is 7.44. The maximum atomic E-state index is 12.3. The van der Waals surface area contributed by atoms with Crippen LogP contribution in [-0.2, 0) is 6.54 Å². The summed E-state index contributed by atoms with van der Waals surface area (Å²) in [6.45, 7) is 4.58. The van der Waals surface area contributed by atoms with E-state index in [0.717, 1.165) is 22.4 Å². The Labute approximate surface area is 135 Å². The fourth-order valence-corrected chi connectivity index (χ4v) is 2.39. The number of benzene rings is 2. The molecule has 0 aliphatic rings. The Hall–Kier alpha value is -2.95. The first-order chi connectivity index (χ1) is 11.1. The van der Waals surface area contributed by atoms with Crippen LogP contribution >= 0.6 is 0 Å². The molecule has 23 heavy (non-hydrogen) atoms. The van der Waals surface area contributed by atoms with E-state index in [4.69, 9.17) is 0 Å². The number of anilines is 1. The number of aryl methyl sites for hydroxylation is 2. The Kier molecular flexibility index (Phi) is 4.19. The van der Waals surface area contributed by atoms with Gasteiger partial charge in [0.1, 0.15) is 0 Å². The van der Waals surface area contributed by atoms with Gasteiger partial charge in [0.15, 0.2) is 5.69 Å². The number of rotatable bonds is 4. The molecule has 3 aromatic rings. The van der Waals surface area contributed by atoms with Gasteiger partial charge in [0.25, 0.3) is 5.91 Å². The van der Waals surface area contributed by atoms with Crippen molar-refractivity contribution in [3.63, 3.8) is 0 Å². The smallest absolute Gasteiger partial charge is 0.277 e. The van der Waals surface area contributed by atoms with E-state index in [-0.39, 0.29) is 5.91 Å². The molecule has 1 amide bonds. The number of carbonyl (C=O) groups excluding carboxylic acids is 1. The molecule has 0 aliphatic carbocycles. The van der Waals surface area contributed by atoms with Crippen LogP contribution in [-0.4, -0.2) is 20.9 Å². The second-order valence-electron chi connectivity index (χ2n) is 5.56. The lowest BCUT2D eigenvalue weighted by Crippen LogP contribution is -2.13. The maximum Gasteiger partial charge on any atom is 0.277 e. The van der Waals surface area contributed by atoms with Crippen LogP contribution < -0.4 is 5.32 Å². The van der Waals surface area contributed by atoms with Gasteiger partial charge in [-0.25, -0.2) is 4.68 Å². The SMILES string of the molecule is Cc1ccc(NC(=O)c2cn(Cc3ccccc3)nn2)c(C)c1. The molecule has 0 saturated carbocycles. The summed E-state index contributed by atoms with van der Waals surface area (Å²) in [7, 11) is 0. The number of carbonyl (C=O) groups is 1. The molecule has 0 spiro atoms. The van der Waals surface area contributed by atoms with Crippen LogP contribution in [0.4, 0.5) is 5.69 Å². The normalized spacial score (nSPS) is 10.5. The third kappa shape index (κ3) is 3.63. The lowest BCUT2D eigenvalue weighted by Gasteiger charge is -2.07. The standard InChI is InChI=1S/C18H18N4O/c1-13-8-9-16(14(2)10-13)19-18(23)17-12-22(21-20-17)11-15-6-4-3-5-7-15/h3-10,12H,11H2,1-2H3,(H,19,23). The second-order valence-corrected chi connectivity index (χ2v) is 5.56. The Bertz CT molecular complexity index is 824. The lowest BCUT2D eigenvalue weighted by atomic mass is 10.1. The number of hydrogen-bond acceptors (Lipinski definition) is 3. The van der Waals surface area contributed by atoms with Crippen molar-refractivity contribution in [2.45, 2.75) is 20.4 Å². The first-order valence-corrected chi connectivity index (χ1v) is 7.44. The summed E-state index contributed by atoms with van der Waals surface area (Å²) < 4.78 is 1.66. The number of nitrogens with zero attached hydrogens (tertiary/aromatic N) is 3. The minimum Gasteiger partial charge on any atom is -0.320 e. The van der Waals surface area contributed by atoms with Crippen molar-refractivity contribution in [2.75, 3.05) is 5.32 Å². The number of aromatic nitrogens is 3. The molecule has 3 rings (SSSR count). The van der Waals surface area contributed by atoms with E-state index in [2.05, 4.69) is 15.6 Å². The average molecular weight is 306 g/mol. The molecule has 5 heteroatoms.